The van der Waals surface area contributed by atoms with Crippen molar-refractivity contribution >= 4 is 21.8 Å². The first-order valence-corrected chi connectivity index (χ1v) is 8.40. The molecule has 0 aromatic rings. The summed E-state index contributed by atoms with van der Waals surface area (Å²) >= 11 is 0. The van der Waals surface area contributed by atoms with Crippen LogP contribution in [0.4, 0.5) is 4.79 Å². The molecule has 1 rings (SSSR count). The van der Waals surface area contributed by atoms with Crippen LogP contribution in [0.3, 0.4) is 0 Å². The molecule has 116 valence electrons. The van der Waals surface area contributed by atoms with Crippen molar-refractivity contribution in [2.24, 2.45) is 5.92 Å². The Hall–Kier alpha value is -1.31. The van der Waals surface area contributed by atoms with E-state index in [2.05, 4.69) is 10.6 Å². The molecule has 7 nitrogen and oxygen atoms in total. The summed E-state index contributed by atoms with van der Waals surface area (Å²) in [5.41, 5.74) is -0.621. The third-order valence-electron chi connectivity index (χ3n) is 3.29. The summed E-state index contributed by atoms with van der Waals surface area (Å²) in [6.45, 7) is 3.81. The normalized spacial score (nSPS) is 21.4. The van der Waals surface area contributed by atoms with E-state index in [4.69, 9.17) is 5.11 Å². The molecule has 8 heteroatoms. The molecular weight excluding hydrogens is 284 g/mol. The zero-order valence-corrected chi connectivity index (χ0v) is 12.6. The Morgan fingerprint density at radius 1 is 1.35 bits per heavy atom. The summed E-state index contributed by atoms with van der Waals surface area (Å²) < 4.78 is 22.6. The molecule has 1 unspecified atom stereocenters. The Balaban J connectivity index is 2.31. The number of aliphatic carboxylic acids is 1. The lowest BCUT2D eigenvalue weighted by molar-refractivity contribution is -0.137. The van der Waals surface area contributed by atoms with Crippen LogP contribution < -0.4 is 10.6 Å². The monoisotopic (exact) mass is 306 g/mol. The predicted octanol–water partition coefficient (Wildman–Crippen LogP) is 0.364. The number of amides is 2. The molecule has 0 bridgehead atoms. The Kier molecular flexibility index (Phi) is 5.38. The second-order valence-corrected chi connectivity index (χ2v) is 8.11. The highest BCUT2D eigenvalue weighted by Crippen LogP contribution is 2.17. The van der Waals surface area contributed by atoms with Crippen LogP contribution in [0, 0.1) is 5.92 Å². The number of sulfone groups is 1. The molecule has 1 aliphatic rings. The second kappa shape index (κ2) is 6.43. The molecule has 20 heavy (non-hydrogen) atoms. The number of carboxylic acids is 1. The smallest absolute Gasteiger partial charge is 0.315 e. The quantitative estimate of drug-likeness (QED) is 0.656. The minimum Gasteiger partial charge on any atom is -0.481 e. The van der Waals surface area contributed by atoms with Crippen LogP contribution in [0.15, 0.2) is 0 Å². The molecule has 0 radical (unpaired) electrons. The maximum atomic E-state index is 11.7. The van der Waals surface area contributed by atoms with Crippen molar-refractivity contribution in [2.45, 2.75) is 38.6 Å². The highest BCUT2D eigenvalue weighted by molar-refractivity contribution is 7.91. The third-order valence-corrected chi connectivity index (χ3v) is 5.13. The number of carbonyl (C=O) groups is 2. The van der Waals surface area contributed by atoms with Crippen LogP contribution in [-0.2, 0) is 14.6 Å². The lowest BCUT2D eigenvalue weighted by Gasteiger charge is -2.26. The molecule has 1 saturated heterocycles. The fourth-order valence-electron chi connectivity index (χ4n) is 2.10. The Morgan fingerprint density at radius 2 is 2.00 bits per heavy atom. The topological polar surface area (TPSA) is 113 Å². The van der Waals surface area contributed by atoms with Gasteiger partial charge in [-0.25, -0.2) is 13.2 Å². The van der Waals surface area contributed by atoms with E-state index in [1.54, 1.807) is 13.8 Å². The highest BCUT2D eigenvalue weighted by atomic mass is 32.2. The number of carbonyl (C=O) groups excluding carboxylic acids is 1. The highest BCUT2D eigenvalue weighted by Gasteiger charge is 2.28. The maximum Gasteiger partial charge on any atom is 0.315 e. The van der Waals surface area contributed by atoms with Crippen LogP contribution in [0.1, 0.15) is 33.1 Å². The van der Waals surface area contributed by atoms with Crippen LogP contribution in [0.2, 0.25) is 0 Å². The van der Waals surface area contributed by atoms with Gasteiger partial charge in [0.25, 0.3) is 0 Å². The molecule has 0 saturated carbocycles. The van der Waals surface area contributed by atoms with Gasteiger partial charge in [0, 0.05) is 18.5 Å². The fraction of sp³-hybridized carbons (Fsp3) is 0.833. The van der Waals surface area contributed by atoms with Gasteiger partial charge in [0.1, 0.15) is 0 Å². The molecule has 0 spiro atoms. The summed E-state index contributed by atoms with van der Waals surface area (Å²) in [7, 11) is -2.93. The average Bonchev–Trinajstić information content (AvgIpc) is 2.63. The zero-order chi connectivity index (χ0) is 15.4. The van der Waals surface area contributed by atoms with Crippen LogP contribution >= 0.6 is 0 Å². The minimum absolute atomic E-state index is 0.0197. The molecule has 3 N–H and O–H groups in total. The van der Waals surface area contributed by atoms with E-state index < -0.39 is 27.4 Å². The molecule has 0 aromatic heterocycles. The van der Waals surface area contributed by atoms with Crippen molar-refractivity contribution in [3.8, 4) is 0 Å². The van der Waals surface area contributed by atoms with Crippen molar-refractivity contribution in [2.75, 3.05) is 18.1 Å². The summed E-state index contributed by atoms with van der Waals surface area (Å²) in [6.07, 6.45) is 0.882. The lowest BCUT2D eigenvalue weighted by Crippen LogP contribution is -2.49. The van der Waals surface area contributed by atoms with Crippen molar-refractivity contribution in [3.63, 3.8) is 0 Å². The fourth-order valence-corrected chi connectivity index (χ4v) is 3.97. The Morgan fingerprint density at radius 3 is 2.50 bits per heavy atom. The summed E-state index contributed by atoms with van der Waals surface area (Å²) in [5.74, 6) is -0.634. The van der Waals surface area contributed by atoms with Crippen LogP contribution in [-0.4, -0.2) is 49.1 Å². The molecular formula is C12H22N2O5S. The van der Waals surface area contributed by atoms with Crippen molar-refractivity contribution in [1.29, 1.82) is 0 Å². The minimum atomic E-state index is -2.93. The van der Waals surface area contributed by atoms with Gasteiger partial charge in [0.15, 0.2) is 9.84 Å². The van der Waals surface area contributed by atoms with Gasteiger partial charge in [-0.15, -0.1) is 0 Å². The van der Waals surface area contributed by atoms with Crippen molar-refractivity contribution in [1.82, 2.24) is 10.6 Å². The number of rotatable bonds is 6. The summed E-state index contributed by atoms with van der Waals surface area (Å²) in [4.78, 5) is 22.2. The standard InChI is InChI=1S/C12H22N2O5S/c1-12(2,5-3-10(15)16)14-11(17)13-7-9-4-6-20(18,19)8-9/h9H,3-8H2,1-2H3,(H,15,16)(H2,13,14,17). The van der Waals surface area contributed by atoms with Crippen molar-refractivity contribution in [3.05, 3.63) is 0 Å². The molecule has 1 fully saturated rings. The van der Waals surface area contributed by atoms with E-state index >= 15 is 0 Å². The van der Waals surface area contributed by atoms with Gasteiger partial charge in [-0.2, -0.15) is 0 Å². The number of urea groups is 1. The maximum absolute atomic E-state index is 11.7. The molecule has 1 atom stereocenters. The van der Waals surface area contributed by atoms with E-state index in [0.29, 0.717) is 19.4 Å². The van der Waals surface area contributed by atoms with Gasteiger partial charge in [0.05, 0.1) is 11.5 Å². The van der Waals surface area contributed by atoms with E-state index in [9.17, 15) is 18.0 Å². The number of hydrogen-bond acceptors (Lipinski definition) is 4. The van der Waals surface area contributed by atoms with E-state index in [-0.39, 0.29) is 23.8 Å². The van der Waals surface area contributed by atoms with Crippen LogP contribution in [0.25, 0.3) is 0 Å². The zero-order valence-electron chi connectivity index (χ0n) is 11.8. The van der Waals surface area contributed by atoms with Gasteiger partial charge >= 0.3 is 12.0 Å². The molecule has 1 aliphatic heterocycles. The van der Waals surface area contributed by atoms with Crippen molar-refractivity contribution < 1.29 is 23.1 Å². The van der Waals surface area contributed by atoms with Gasteiger partial charge in [-0.1, -0.05) is 0 Å². The molecule has 0 aromatic carbocycles. The number of carboxylic acid groups (broad SMARTS) is 1. The van der Waals surface area contributed by atoms with E-state index in [1.165, 1.54) is 0 Å². The SMILES string of the molecule is CC(C)(CCC(=O)O)NC(=O)NCC1CCS(=O)(=O)C1. The number of nitrogens with one attached hydrogen (secondary N) is 2. The summed E-state index contributed by atoms with van der Waals surface area (Å²) in [5, 5.41) is 14.0. The Labute approximate surface area is 119 Å². The van der Waals surface area contributed by atoms with Gasteiger partial charge in [-0.05, 0) is 32.6 Å². The first kappa shape index (κ1) is 16.7. The third kappa shape index (κ3) is 6.23. The van der Waals surface area contributed by atoms with Crippen LogP contribution in [0.5, 0.6) is 0 Å². The lowest BCUT2D eigenvalue weighted by atomic mass is 9.99. The van der Waals surface area contributed by atoms with Gasteiger partial charge in [0.2, 0.25) is 0 Å². The average molecular weight is 306 g/mol. The van der Waals surface area contributed by atoms with Gasteiger partial charge < -0.3 is 15.7 Å². The second-order valence-electron chi connectivity index (χ2n) is 5.88. The first-order chi connectivity index (χ1) is 9.10. The van der Waals surface area contributed by atoms with E-state index in [1.807, 2.05) is 0 Å². The molecule has 0 aliphatic carbocycles. The predicted molar refractivity (Wildman–Crippen MR) is 74.2 cm³/mol. The first-order valence-electron chi connectivity index (χ1n) is 6.58. The number of hydrogen-bond donors (Lipinski definition) is 3. The largest absolute Gasteiger partial charge is 0.481 e. The van der Waals surface area contributed by atoms with Gasteiger partial charge in [-0.3, -0.25) is 4.79 Å². The molecule has 2 amide bonds. The molecule has 1 heterocycles. The van der Waals surface area contributed by atoms with E-state index in [0.717, 1.165) is 0 Å². The summed E-state index contributed by atoms with van der Waals surface area (Å²) in [6, 6.07) is -0.398. The Bertz CT molecular complexity index is 472.